The second-order valence-electron chi connectivity index (χ2n) is 2.98. The number of anilines is 1. The van der Waals surface area contributed by atoms with Gasteiger partial charge in [0, 0.05) is 6.42 Å². The predicted molar refractivity (Wildman–Crippen MR) is 65.5 cm³/mol. The van der Waals surface area contributed by atoms with E-state index in [4.69, 9.17) is 33.7 Å². The molecule has 16 heavy (non-hydrogen) atoms. The molecule has 88 valence electrons. The first kappa shape index (κ1) is 13.0. The van der Waals surface area contributed by atoms with Crippen LogP contribution in [-0.2, 0) is 4.74 Å². The Morgan fingerprint density at radius 1 is 1.44 bits per heavy atom. The number of halogens is 2. The lowest BCUT2D eigenvalue weighted by Crippen LogP contribution is -2.02. The molecule has 2 N–H and O–H groups in total. The summed E-state index contributed by atoms with van der Waals surface area (Å²) in [4.78, 5) is 11.7. The number of hydrogen-bond acceptors (Lipinski definition) is 5. The topological polar surface area (TPSA) is 73.4 Å². The Bertz CT molecular complexity index is 385. The monoisotopic (exact) mass is 262 g/mol. The minimum atomic E-state index is -0.00379. The number of nitrogen functional groups attached to an aromatic ring is 1. The van der Waals surface area contributed by atoms with E-state index in [0.29, 0.717) is 12.3 Å². The molecule has 1 heterocycles. The van der Waals surface area contributed by atoms with E-state index in [0.717, 1.165) is 6.42 Å². The van der Waals surface area contributed by atoms with Crippen molar-refractivity contribution in [1.82, 2.24) is 9.97 Å². The van der Waals surface area contributed by atoms with Gasteiger partial charge in [-0.1, -0.05) is 18.5 Å². The largest absolute Gasteiger partial charge is 0.484 e. The molecule has 0 unspecified atom stereocenters. The summed E-state index contributed by atoms with van der Waals surface area (Å²) >= 11 is 11.4. The van der Waals surface area contributed by atoms with Crippen molar-refractivity contribution in [3.63, 3.8) is 0 Å². The summed E-state index contributed by atoms with van der Waals surface area (Å²) in [5.41, 5.74) is 5.93. The summed E-state index contributed by atoms with van der Waals surface area (Å²) in [7, 11) is 1.54. The van der Waals surface area contributed by atoms with Crippen LogP contribution < -0.4 is 5.73 Å². The molecule has 0 saturated heterocycles. The fourth-order valence-electron chi connectivity index (χ4n) is 1.06. The molecule has 0 atom stereocenters. The molecule has 0 aliphatic heterocycles. The summed E-state index contributed by atoms with van der Waals surface area (Å²) in [5, 5.41) is 0.110. The van der Waals surface area contributed by atoms with Gasteiger partial charge in [0.15, 0.2) is 16.9 Å². The van der Waals surface area contributed by atoms with Crippen LogP contribution in [0.4, 0.5) is 11.5 Å². The highest BCUT2D eigenvalue weighted by atomic mass is 35.5. The smallest absolute Gasteiger partial charge is 0.225 e. The van der Waals surface area contributed by atoms with E-state index < -0.39 is 0 Å². The Morgan fingerprint density at radius 3 is 2.62 bits per heavy atom. The lowest BCUT2D eigenvalue weighted by atomic mass is 10.3. The molecule has 0 amide bonds. The van der Waals surface area contributed by atoms with E-state index >= 15 is 0 Å². The number of nitrogens with two attached hydrogens (primary N) is 1. The fourth-order valence-corrected chi connectivity index (χ4v) is 1.50. The third-order valence-electron chi connectivity index (χ3n) is 1.78. The maximum atomic E-state index is 5.86. The summed E-state index contributed by atoms with van der Waals surface area (Å²) < 4.78 is 5.08. The minimum absolute atomic E-state index is 0.00379. The second-order valence-corrected chi connectivity index (χ2v) is 3.67. The molecular formula is C9H12Cl2N4O. The van der Waals surface area contributed by atoms with E-state index in [2.05, 4.69) is 15.0 Å². The van der Waals surface area contributed by atoms with Crippen molar-refractivity contribution in [2.75, 3.05) is 12.8 Å². The van der Waals surface area contributed by atoms with Gasteiger partial charge in [0.05, 0.1) is 7.11 Å². The van der Waals surface area contributed by atoms with E-state index in [1.165, 1.54) is 7.11 Å². The summed E-state index contributed by atoms with van der Waals surface area (Å²) in [5.74, 6) is 0.665. The molecule has 1 aromatic heterocycles. The van der Waals surface area contributed by atoms with Gasteiger partial charge in [-0.2, -0.15) is 4.98 Å². The molecule has 7 heteroatoms. The molecule has 0 spiro atoms. The number of ether oxygens (including phenoxy) is 1. The Labute approximate surface area is 104 Å². The number of nitrogens with zero attached hydrogens (tertiary/aromatic N) is 3. The van der Waals surface area contributed by atoms with Crippen molar-refractivity contribution >= 4 is 40.6 Å². The van der Waals surface area contributed by atoms with Crippen molar-refractivity contribution in [2.45, 2.75) is 19.8 Å². The van der Waals surface area contributed by atoms with Crippen LogP contribution in [0.1, 0.15) is 19.8 Å². The van der Waals surface area contributed by atoms with Gasteiger partial charge in [0.25, 0.3) is 0 Å². The molecule has 0 aliphatic rings. The predicted octanol–water partition coefficient (Wildman–Crippen LogP) is 2.84. The summed E-state index contributed by atoms with van der Waals surface area (Å²) in [6.45, 7) is 2.01. The van der Waals surface area contributed by atoms with Crippen LogP contribution in [0, 0.1) is 0 Å². The highest BCUT2D eigenvalue weighted by Gasteiger charge is 2.10. The normalized spacial score (nSPS) is 11.6. The van der Waals surface area contributed by atoms with Crippen molar-refractivity contribution in [1.29, 1.82) is 0 Å². The van der Waals surface area contributed by atoms with Crippen LogP contribution in [0.5, 0.6) is 0 Å². The number of aliphatic imine (C=N–C) groups is 1. The highest BCUT2D eigenvalue weighted by molar-refractivity contribution is 6.34. The molecule has 5 nitrogen and oxygen atoms in total. The Hall–Kier alpha value is -1.07. The average Bonchev–Trinajstić information content (AvgIpc) is 2.21. The van der Waals surface area contributed by atoms with Gasteiger partial charge in [-0.25, -0.2) is 9.98 Å². The zero-order valence-corrected chi connectivity index (χ0v) is 10.5. The van der Waals surface area contributed by atoms with E-state index in [1.54, 1.807) is 0 Å². The van der Waals surface area contributed by atoms with Crippen LogP contribution in [-0.4, -0.2) is 23.0 Å². The number of rotatable bonds is 3. The van der Waals surface area contributed by atoms with Gasteiger partial charge in [-0.15, -0.1) is 0 Å². The number of methoxy groups -OCH3 is 1. The summed E-state index contributed by atoms with van der Waals surface area (Å²) in [6.07, 6.45) is 1.59. The zero-order valence-electron chi connectivity index (χ0n) is 9.00. The van der Waals surface area contributed by atoms with Gasteiger partial charge in [0.1, 0.15) is 5.69 Å². The number of hydrogen-bond donors (Lipinski definition) is 1. The molecule has 0 saturated carbocycles. The third kappa shape index (κ3) is 3.21. The highest BCUT2D eigenvalue weighted by Crippen LogP contribution is 2.29. The van der Waals surface area contributed by atoms with E-state index in [1.807, 2.05) is 6.92 Å². The molecule has 1 rings (SSSR count). The van der Waals surface area contributed by atoms with Gasteiger partial charge >= 0.3 is 0 Å². The molecular weight excluding hydrogens is 251 g/mol. The van der Waals surface area contributed by atoms with Crippen molar-refractivity contribution in [2.24, 2.45) is 4.99 Å². The first-order valence-electron chi connectivity index (χ1n) is 4.68. The molecule has 1 aromatic rings. The quantitative estimate of drug-likeness (QED) is 0.394. The average molecular weight is 263 g/mol. The lowest BCUT2D eigenvalue weighted by Gasteiger charge is -2.06. The first-order chi connectivity index (χ1) is 7.58. The van der Waals surface area contributed by atoms with Gasteiger partial charge in [-0.05, 0) is 18.0 Å². The van der Waals surface area contributed by atoms with Gasteiger partial charge in [-0.3, -0.25) is 0 Å². The maximum Gasteiger partial charge on any atom is 0.225 e. The fraction of sp³-hybridized carbons (Fsp3) is 0.444. The van der Waals surface area contributed by atoms with Crippen LogP contribution in [0.3, 0.4) is 0 Å². The molecule has 0 aromatic carbocycles. The van der Waals surface area contributed by atoms with Crippen molar-refractivity contribution in [3.8, 4) is 0 Å². The Morgan fingerprint density at radius 2 is 2.12 bits per heavy atom. The van der Waals surface area contributed by atoms with Gasteiger partial charge in [0.2, 0.25) is 5.28 Å². The molecule has 0 aliphatic carbocycles. The number of aromatic nitrogens is 2. The van der Waals surface area contributed by atoms with E-state index in [9.17, 15) is 0 Å². The summed E-state index contributed by atoms with van der Waals surface area (Å²) in [6, 6.07) is 0. The van der Waals surface area contributed by atoms with E-state index in [-0.39, 0.29) is 21.9 Å². The maximum absolute atomic E-state index is 5.86. The van der Waals surface area contributed by atoms with Crippen molar-refractivity contribution < 1.29 is 4.74 Å². The minimum Gasteiger partial charge on any atom is -0.484 e. The Kier molecular flexibility index (Phi) is 4.76. The second kappa shape index (κ2) is 5.86. The van der Waals surface area contributed by atoms with Crippen molar-refractivity contribution in [3.05, 3.63) is 10.4 Å². The SMILES string of the molecule is CCC/C(=N/c1c(N)nc(Cl)nc1Cl)OC. The van der Waals surface area contributed by atoms with Crippen LogP contribution >= 0.6 is 23.2 Å². The third-order valence-corrected chi connectivity index (χ3v) is 2.21. The Balaban J connectivity index is 3.12. The molecule has 0 fully saturated rings. The van der Waals surface area contributed by atoms with Crippen LogP contribution in [0.25, 0.3) is 0 Å². The van der Waals surface area contributed by atoms with Crippen LogP contribution in [0.15, 0.2) is 4.99 Å². The lowest BCUT2D eigenvalue weighted by molar-refractivity contribution is 0.389. The van der Waals surface area contributed by atoms with Gasteiger partial charge < -0.3 is 10.5 Å². The standard InChI is InChI=1S/C9H12Cl2N4O/c1-3-4-5(16-2)13-6-7(10)14-9(11)15-8(6)12/h3-4H2,1-2H3,(H2,12,14,15)/b13-5-. The van der Waals surface area contributed by atoms with Crippen LogP contribution in [0.2, 0.25) is 10.4 Å². The zero-order chi connectivity index (χ0) is 12.1. The molecule has 0 bridgehead atoms. The molecule has 0 radical (unpaired) electrons. The first-order valence-corrected chi connectivity index (χ1v) is 5.44.